The van der Waals surface area contributed by atoms with Crippen LogP contribution in [0.15, 0.2) is 23.6 Å². The Hall–Kier alpha value is -1.82. The summed E-state index contributed by atoms with van der Waals surface area (Å²) in [5.41, 5.74) is 1.29. The predicted molar refractivity (Wildman–Crippen MR) is 67.6 cm³/mol. The molecule has 1 saturated heterocycles. The van der Waals surface area contributed by atoms with Crippen molar-refractivity contribution in [3.05, 3.63) is 34.8 Å². The quantitative estimate of drug-likeness (QED) is 0.524. The lowest BCUT2D eigenvalue weighted by atomic mass is 10.1. The van der Waals surface area contributed by atoms with E-state index in [1.54, 1.807) is 12.3 Å². The second-order valence-electron chi connectivity index (χ2n) is 3.99. The van der Waals surface area contributed by atoms with E-state index >= 15 is 0 Å². The number of piperazine rings is 1. The molecule has 92 valence electrons. The highest BCUT2D eigenvalue weighted by Gasteiger charge is 2.17. The normalized spacial score (nSPS) is 15.9. The molecule has 0 amide bonds. The third-order valence-corrected chi connectivity index (χ3v) is 2.89. The van der Waals surface area contributed by atoms with Crippen LogP contribution in [-0.2, 0) is 6.42 Å². The molecule has 6 heteroatoms. The van der Waals surface area contributed by atoms with Crippen LogP contribution in [-0.4, -0.2) is 36.1 Å². The molecule has 0 spiro atoms. The largest absolute Gasteiger partial charge is 0.367 e. The molecule has 0 aromatic carbocycles. The number of rotatable bonds is 3. The Labute approximate surface area is 99.7 Å². The molecule has 0 saturated carbocycles. The van der Waals surface area contributed by atoms with E-state index in [9.17, 15) is 4.79 Å². The van der Waals surface area contributed by atoms with Crippen molar-refractivity contribution in [1.82, 2.24) is 15.2 Å². The highest BCUT2D eigenvalue weighted by molar-refractivity contribution is 5.52. The van der Waals surface area contributed by atoms with Gasteiger partial charge in [0.2, 0.25) is 0 Å². The number of allylic oxidation sites excluding steroid dienone is 1. The van der Waals surface area contributed by atoms with E-state index in [0.29, 0.717) is 12.0 Å². The van der Waals surface area contributed by atoms with Crippen LogP contribution in [0.5, 0.6) is 0 Å². The Kier molecular flexibility index (Phi) is 3.43. The van der Waals surface area contributed by atoms with Crippen molar-refractivity contribution in [1.29, 1.82) is 0 Å². The lowest BCUT2D eigenvalue weighted by molar-refractivity contribution is 0.584. The third-order valence-electron chi connectivity index (χ3n) is 2.89. The van der Waals surface area contributed by atoms with E-state index in [0.717, 1.165) is 36.7 Å². The fourth-order valence-corrected chi connectivity index (χ4v) is 2.01. The third kappa shape index (κ3) is 2.31. The summed E-state index contributed by atoms with van der Waals surface area (Å²) >= 11 is 0. The first kappa shape index (κ1) is 11.7. The molecule has 1 fully saturated rings. The van der Waals surface area contributed by atoms with Gasteiger partial charge in [-0.3, -0.25) is 4.79 Å². The van der Waals surface area contributed by atoms with Gasteiger partial charge in [0, 0.05) is 31.7 Å². The zero-order chi connectivity index (χ0) is 12.3. The Morgan fingerprint density at radius 2 is 2.24 bits per heavy atom. The maximum absolute atomic E-state index is 11.9. The van der Waals surface area contributed by atoms with Gasteiger partial charge in [-0.2, -0.15) is 5.10 Å². The van der Waals surface area contributed by atoms with E-state index in [-0.39, 0.29) is 5.56 Å². The van der Waals surface area contributed by atoms with Crippen LogP contribution < -0.4 is 21.6 Å². The summed E-state index contributed by atoms with van der Waals surface area (Å²) in [6, 6.07) is 0. The molecule has 2 rings (SSSR count). The summed E-state index contributed by atoms with van der Waals surface area (Å²) in [5.74, 6) is 5.48. The van der Waals surface area contributed by atoms with Crippen molar-refractivity contribution in [2.24, 2.45) is 0 Å². The lowest BCUT2D eigenvalue weighted by Crippen LogP contribution is -2.45. The van der Waals surface area contributed by atoms with Crippen molar-refractivity contribution < 1.29 is 0 Å². The molecule has 0 radical (unpaired) electrons. The molecule has 1 aliphatic rings. The highest BCUT2D eigenvalue weighted by atomic mass is 16.1. The first-order valence-corrected chi connectivity index (χ1v) is 5.67. The van der Waals surface area contributed by atoms with Gasteiger partial charge in [0.15, 0.2) is 0 Å². The van der Waals surface area contributed by atoms with Crippen LogP contribution in [0.4, 0.5) is 5.69 Å². The summed E-state index contributed by atoms with van der Waals surface area (Å²) in [5, 5.41) is 7.15. The smallest absolute Gasteiger partial charge is 0.291 e. The van der Waals surface area contributed by atoms with Crippen molar-refractivity contribution in [2.45, 2.75) is 6.42 Å². The maximum Gasteiger partial charge on any atom is 0.291 e. The zero-order valence-electron chi connectivity index (χ0n) is 9.72. The summed E-state index contributed by atoms with van der Waals surface area (Å²) in [6.07, 6.45) is 3.88. The second-order valence-corrected chi connectivity index (χ2v) is 3.99. The monoisotopic (exact) mass is 235 g/mol. The summed E-state index contributed by atoms with van der Waals surface area (Å²) < 4.78 is 0. The fraction of sp³-hybridized carbons (Fsp3) is 0.455. The zero-order valence-corrected chi connectivity index (χ0v) is 9.72. The lowest BCUT2D eigenvalue weighted by Gasteiger charge is -2.30. The SMILES string of the molecule is C=CCc1c(N2CCNCC2)cnn(N)c1=O. The summed E-state index contributed by atoms with van der Waals surface area (Å²) in [4.78, 5) is 14.9. The number of nitrogen functional groups attached to an aromatic ring is 1. The van der Waals surface area contributed by atoms with E-state index in [4.69, 9.17) is 5.84 Å². The van der Waals surface area contributed by atoms with Gasteiger partial charge in [-0.25, -0.2) is 0 Å². The van der Waals surface area contributed by atoms with Gasteiger partial charge < -0.3 is 16.1 Å². The highest BCUT2D eigenvalue weighted by Crippen LogP contribution is 2.17. The van der Waals surface area contributed by atoms with E-state index in [1.165, 1.54) is 0 Å². The number of hydrogen-bond acceptors (Lipinski definition) is 5. The Balaban J connectivity index is 2.41. The van der Waals surface area contributed by atoms with Gasteiger partial charge in [0.25, 0.3) is 5.56 Å². The molecule has 1 aliphatic heterocycles. The summed E-state index contributed by atoms with van der Waals surface area (Å²) in [7, 11) is 0. The first-order chi connectivity index (χ1) is 8.24. The average molecular weight is 235 g/mol. The van der Waals surface area contributed by atoms with Crippen LogP contribution in [0.3, 0.4) is 0 Å². The number of anilines is 1. The minimum absolute atomic E-state index is 0.249. The van der Waals surface area contributed by atoms with Crippen LogP contribution >= 0.6 is 0 Å². The molecule has 3 N–H and O–H groups in total. The summed E-state index contributed by atoms with van der Waals surface area (Å²) in [6.45, 7) is 7.25. The Bertz CT molecular complexity index is 461. The number of hydrogen-bond donors (Lipinski definition) is 2. The van der Waals surface area contributed by atoms with Crippen molar-refractivity contribution >= 4 is 5.69 Å². The second kappa shape index (κ2) is 5.01. The maximum atomic E-state index is 11.9. The molecule has 6 nitrogen and oxygen atoms in total. The van der Waals surface area contributed by atoms with Crippen LogP contribution in [0.1, 0.15) is 5.56 Å². The van der Waals surface area contributed by atoms with E-state index in [1.807, 2.05) is 0 Å². The number of nitrogens with one attached hydrogen (secondary N) is 1. The first-order valence-electron chi connectivity index (χ1n) is 5.67. The predicted octanol–water partition coefficient (Wildman–Crippen LogP) is -0.905. The van der Waals surface area contributed by atoms with E-state index < -0.39 is 0 Å². The molecule has 0 atom stereocenters. The van der Waals surface area contributed by atoms with Crippen molar-refractivity contribution in [3.8, 4) is 0 Å². The Morgan fingerprint density at radius 1 is 1.53 bits per heavy atom. The van der Waals surface area contributed by atoms with Gasteiger partial charge in [0.1, 0.15) is 0 Å². The number of nitrogens with two attached hydrogens (primary N) is 1. The van der Waals surface area contributed by atoms with Crippen molar-refractivity contribution in [2.75, 3.05) is 36.9 Å². The van der Waals surface area contributed by atoms with E-state index in [2.05, 4.69) is 21.9 Å². The molecule has 2 heterocycles. The number of aromatic nitrogens is 2. The molecule has 0 aliphatic carbocycles. The molecule has 0 bridgehead atoms. The molecule has 1 aromatic heterocycles. The van der Waals surface area contributed by atoms with Crippen molar-refractivity contribution in [3.63, 3.8) is 0 Å². The standard InChI is InChI=1S/C11H17N5O/c1-2-3-9-10(8-14-16(12)11(9)17)15-6-4-13-5-7-15/h2,8,13H,1,3-7,12H2. The van der Waals surface area contributed by atoms with Gasteiger partial charge in [0.05, 0.1) is 11.9 Å². The molecule has 1 aromatic rings. The van der Waals surface area contributed by atoms with Gasteiger partial charge in [-0.1, -0.05) is 6.08 Å². The minimum Gasteiger partial charge on any atom is -0.367 e. The topological polar surface area (TPSA) is 76.2 Å². The molecule has 17 heavy (non-hydrogen) atoms. The van der Waals surface area contributed by atoms with Crippen LogP contribution in [0.25, 0.3) is 0 Å². The molecular weight excluding hydrogens is 218 g/mol. The van der Waals surface area contributed by atoms with Gasteiger partial charge in [-0.15, -0.1) is 11.4 Å². The number of nitrogens with zero attached hydrogens (tertiary/aromatic N) is 3. The molecule has 0 unspecified atom stereocenters. The fourth-order valence-electron chi connectivity index (χ4n) is 2.01. The van der Waals surface area contributed by atoms with Crippen LogP contribution in [0, 0.1) is 0 Å². The van der Waals surface area contributed by atoms with Crippen LogP contribution in [0.2, 0.25) is 0 Å². The minimum atomic E-state index is -0.249. The van der Waals surface area contributed by atoms with Gasteiger partial charge >= 0.3 is 0 Å². The molecular formula is C11H17N5O. The average Bonchev–Trinajstić information content (AvgIpc) is 2.36. The Morgan fingerprint density at radius 3 is 2.88 bits per heavy atom. The van der Waals surface area contributed by atoms with Gasteiger partial charge in [-0.05, 0) is 6.42 Å².